The summed E-state index contributed by atoms with van der Waals surface area (Å²) in [6.07, 6.45) is -4.18. The highest BCUT2D eigenvalue weighted by Crippen LogP contribution is 2.31. The van der Waals surface area contributed by atoms with Crippen molar-refractivity contribution in [2.24, 2.45) is 0 Å². The van der Waals surface area contributed by atoms with Crippen molar-refractivity contribution in [3.8, 4) is 5.75 Å². The predicted octanol–water partition coefficient (Wildman–Crippen LogP) is 3.36. The van der Waals surface area contributed by atoms with Gasteiger partial charge in [-0.1, -0.05) is 6.07 Å². The lowest BCUT2D eigenvalue weighted by atomic mass is 10.2. The number of hydrogen-bond donors (Lipinski definition) is 1. The number of halogens is 3. The van der Waals surface area contributed by atoms with Crippen LogP contribution < -0.4 is 0 Å². The fraction of sp³-hybridized carbons (Fsp3) is 0.333. The van der Waals surface area contributed by atoms with Crippen LogP contribution in [0.3, 0.4) is 0 Å². The average molecular weight is 222 g/mol. The molecule has 1 nitrogen and oxygen atoms in total. The van der Waals surface area contributed by atoms with Gasteiger partial charge in [-0.3, -0.25) is 0 Å². The van der Waals surface area contributed by atoms with Crippen LogP contribution in [0.2, 0.25) is 0 Å². The van der Waals surface area contributed by atoms with Crippen LogP contribution in [0.15, 0.2) is 23.1 Å². The van der Waals surface area contributed by atoms with E-state index < -0.39 is 11.9 Å². The van der Waals surface area contributed by atoms with E-state index in [1.54, 1.807) is 13.0 Å². The van der Waals surface area contributed by atoms with Crippen molar-refractivity contribution in [1.82, 2.24) is 0 Å². The minimum atomic E-state index is -4.18. The Morgan fingerprint density at radius 3 is 2.57 bits per heavy atom. The van der Waals surface area contributed by atoms with Crippen LogP contribution in [0.25, 0.3) is 0 Å². The first kappa shape index (κ1) is 11.2. The zero-order valence-electron chi connectivity index (χ0n) is 7.43. The van der Waals surface area contributed by atoms with E-state index in [-0.39, 0.29) is 5.75 Å². The summed E-state index contributed by atoms with van der Waals surface area (Å²) in [5.74, 6) is -0.947. The average Bonchev–Trinajstić information content (AvgIpc) is 2.05. The van der Waals surface area contributed by atoms with Gasteiger partial charge in [0, 0.05) is 4.90 Å². The number of thioether (sulfide) groups is 1. The summed E-state index contributed by atoms with van der Waals surface area (Å²) in [6.45, 7) is 1.71. The van der Waals surface area contributed by atoms with Gasteiger partial charge >= 0.3 is 6.18 Å². The van der Waals surface area contributed by atoms with E-state index in [1.165, 1.54) is 12.1 Å². The topological polar surface area (TPSA) is 20.2 Å². The highest BCUT2D eigenvalue weighted by molar-refractivity contribution is 7.99. The molecule has 0 aromatic heterocycles. The van der Waals surface area contributed by atoms with Crippen molar-refractivity contribution in [2.45, 2.75) is 18.0 Å². The van der Waals surface area contributed by atoms with Gasteiger partial charge in [-0.05, 0) is 24.6 Å². The molecule has 1 rings (SSSR count). The summed E-state index contributed by atoms with van der Waals surface area (Å²) in [7, 11) is 0. The minimum Gasteiger partial charge on any atom is -0.508 e. The first-order valence-electron chi connectivity index (χ1n) is 3.87. The quantitative estimate of drug-likeness (QED) is 0.774. The van der Waals surface area contributed by atoms with E-state index in [1.807, 2.05) is 0 Å². The number of aromatic hydroxyl groups is 1. The Morgan fingerprint density at radius 2 is 2.00 bits per heavy atom. The normalized spacial score (nSPS) is 11.7. The van der Waals surface area contributed by atoms with Crippen LogP contribution in [-0.4, -0.2) is 17.0 Å². The standard InChI is InChI=1S/C9H9F3OS/c1-6-2-3-7(13)4-8(6)14-5-9(10,11)12/h2-4,13H,5H2,1H3. The maximum Gasteiger partial charge on any atom is 0.398 e. The molecule has 0 fully saturated rings. The number of alkyl halides is 3. The molecule has 78 valence electrons. The maximum absolute atomic E-state index is 11.9. The van der Waals surface area contributed by atoms with Crippen LogP contribution in [-0.2, 0) is 0 Å². The Bertz CT molecular complexity index is 322. The summed E-state index contributed by atoms with van der Waals surface area (Å²) in [5.41, 5.74) is 0.733. The maximum atomic E-state index is 11.9. The van der Waals surface area contributed by atoms with Crippen molar-refractivity contribution in [1.29, 1.82) is 0 Å². The van der Waals surface area contributed by atoms with Gasteiger partial charge in [0.1, 0.15) is 5.75 Å². The van der Waals surface area contributed by atoms with Gasteiger partial charge in [0.05, 0.1) is 5.75 Å². The van der Waals surface area contributed by atoms with Gasteiger partial charge in [0.2, 0.25) is 0 Å². The van der Waals surface area contributed by atoms with E-state index in [0.29, 0.717) is 16.7 Å². The minimum absolute atomic E-state index is 0.0136. The molecule has 5 heteroatoms. The van der Waals surface area contributed by atoms with Crippen molar-refractivity contribution in [3.05, 3.63) is 23.8 Å². The third kappa shape index (κ3) is 3.49. The molecule has 0 unspecified atom stereocenters. The smallest absolute Gasteiger partial charge is 0.398 e. The Hall–Kier alpha value is -0.840. The highest BCUT2D eigenvalue weighted by Gasteiger charge is 2.27. The second-order valence-electron chi connectivity index (χ2n) is 2.85. The first-order valence-corrected chi connectivity index (χ1v) is 4.86. The molecule has 0 aliphatic carbocycles. The molecule has 14 heavy (non-hydrogen) atoms. The largest absolute Gasteiger partial charge is 0.508 e. The van der Waals surface area contributed by atoms with Crippen LogP contribution in [0, 0.1) is 6.92 Å². The van der Waals surface area contributed by atoms with E-state index in [2.05, 4.69) is 0 Å². The number of phenols is 1. The molecule has 1 aromatic carbocycles. The van der Waals surface area contributed by atoms with Gasteiger partial charge in [0.25, 0.3) is 0 Å². The number of aryl methyl sites for hydroxylation is 1. The lowest BCUT2D eigenvalue weighted by molar-refractivity contribution is -0.105. The Kier molecular flexibility index (Phi) is 3.31. The van der Waals surface area contributed by atoms with Crippen molar-refractivity contribution in [3.63, 3.8) is 0 Å². The molecule has 0 bridgehead atoms. The second kappa shape index (κ2) is 4.13. The first-order chi connectivity index (χ1) is 6.38. The molecule has 0 amide bonds. The van der Waals surface area contributed by atoms with Gasteiger partial charge in [-0.25, -0.2) is 0 Å². The number of hydrogen-bond acceptors (Lipinski definition) is 2. The number of phenolic OH excluding ortho intramolecular Hbond substituents is 1. The number of rotatable bonds is 2. The molecule has 0 saturated heterocycles. The van der Waals surface area contributed by atoms with Gasteiger partial charge in [0.15, 0.2) is 0 Å². The zero-order chi connectivity index (χ0) is 10.8. The Labute approximate surface area is 83.9 Å². The molecule has 0 aliphatic heterocycles. The zero-order valence-corrected chi connectivity index (χ0v) is 8.25. The van der Waals surface area contributed by atoms with Crippen molar-refractivity contribution >= 4 is 11.8 Å². The molecule has 1 aromatic rings. The van der Waals surface area contributed by atoms with E-state index in [4.69, 9.17) is 5.11 Å². The third-order valence-electron chi connectivity index (χ3n) is 1.56. The summed E-state index contributed by atoms with van der Waals surface area (Å²) in [5, 5.41) is 9.07. The molecule has 0 aliphatic rings. The molecule has 0 atom stereocenters. The lowest BCUT2D eigenvalue weighted by Crippen LogP contribution is -2.10. The molecule has 0 heterocycles. The van der Waals surface area contributed by atoms with Crippen LogP contribution in [0.4, 0.5) is 13.2 Å². The molecule has 1 N–H and O–H groups in total. The van der Waals surface area contributed by atoms with E-state index >= 15 is 0 Å². The van der Waals surface area contributed by atoms with Crippen molar-refractivity contribution in [2.75, 3.05) is 5.75 Å². The highest BCUT2D eigenvalue weighted by atomic mass is 32.2. The number of benzene rings is 1. The fourth-order valence-electron chi connectivity index (χ4n) is 0.904. The van der Waals surface area contributed by atoms with Gasteiger partial charge in [-0.15, -0.1) is 11.8 Å². The Morgan fingerprint density at radius 1 is 1.36 bits per heavy atom. The van der Waals surface area contributed by atoms with Gasteiger partial charge in [-0.2, -0.15) is 13.2 Å². The molecule has 0 spiro atoms. The van der Waals surface area contributed by atoms with Crippen LogP contribution in [0.1, 0.15) is 5.56 Å². The monoisotopic (exact) mass is 222 g/mol. The van der Waals surface area contributed by atoms with Crippen LogP contribution >= 0.6 is 11.8 Å². The summed E-state index contributed by atoms with van der Waals surface area (Å²) >= 11 is 0.683. The fourth-order valence-corrected chi connectivity index (χ4v) is 1.72. The lowest BCUT2D eigenvalue weighted by Gasteiger charge is -2.08. The molecule has 0 radical (unpaired) electrons. The second-order valence-corrected chi connectivity index (χ2v) is 3.87. The summed E-state index contributed by atoms with van der Waals surface area (Å²) in [6, 6.07) is 4.38. The molecular formula is C9H9F3OS. The van der Waals surface area contributed by atoms with E-state index in [0.717, 1.165) is 5.56 Å². The third-order valence-corrected chi connectivity index (χ3v) is 2.79. The predicted molar refractivity (Wildman–Crippen MR) is 49.6 cm³/mol. The van der Waals surface area contributed by atoms with Crippen molar-refractivity contribution < 1.29 is 18.3 Å². The van der Waals surface area contributed by atoms with E-state index in [9.17, 15) is 13.2 Å². The molecular weight excluding hydrogens is 213 g/mol. The summed E-state index contributed by atoms with van der Waals surface area (Å²) < 4.78 is 35.7. The Balaban J connectivity index is 2.72. The van der Waals surface area contributed by atoms with Gasteiger partial charge < -0.3 is 5.11 Å². The molecule has 0 saturated carbocycles. The summed E-state index contributed by atoms with van der Waals surface area (Å²) in [4.78, 5) is 0.460. The SMILES string of the molecule is Cc1ccc(O)cc1SCC(F)(F)F. The van der Waals surface area contributed by atoms with Crippen LogP contribution in [0.5, 0.6) is 5.75 Å².